The van der Waals surface area contributed by atoms with Crippen molar-refractivity contribution in [2.75, 3.05) is 0 Å². The number of rotatable bonds is 4. The van der Waals surface area contributed by atoms with E-state index in [0.29, 0.717) is 0 Å². The second-order valence-corrected chi connectivity index (χ2v) is 4.80. The molecule has 0 aromatic carbocycles. The molecule has 17 heavy (non-hydrogen) atoms. The van der Waals surface area contributed by atoms with Gasteiger partial charge in [0.25, 0.3) is 0 Å². The lowest BCUT2D eigenvalue weighted by atomic mass is 10.1. The Morgan fingerprint density at radius 3 is 2.82 bits per heavy atom. The number of hydrogen-bond acceptors (Lipinski definition) is 5. The van der Waals surface area contributed by atoms with Crippen LogP contribution < -0.4 is 5.73 Å². The van der Waals surface area contributed by atoms with Crippen LogP contribution in [0.1, 0.15) is 25.1 Å². The van der Waals surface area contributed by atoms with Crippen LogP contribution in [0.4, 0.5) is 0 Å². The van der Waals surface area contributed by atoms with Crippen LogP contribution in [0.15, 0.2) is 34.7 Å². The van der Waals surface area contributed by atoms with Crippen molar-refractivity contribution in [1.29, 1.82) is 0 Å². The average molecular weight is 249 g/mol. The molecule has 0 aliphatic carbocycles. The number of aromatic nitrogens is 4. The highest BCUT2D eigenvalue weighted by molar-refractivity contribution is 7.99. The van der Waals surface area contributed by atoms with E-state index in [1.54, 1.807) is 6.33 Å². The van der Waals surface area contributed by atoms with Crippen molar-refractivity contribution < 1.29 is 0 Å². The molecule has 0 saturated carbocycles. The molecular formula is C11H15N5S. The lowest BCUT2D eigenvalue weighted by Crippen LogP contribution is -2.10. The summed E-state index contributed by atoms with van der Waals surface area (Å²) in [6, 6.07) is 3.99. The van der Waals surface area contributed by atoms with E-state index in [9.17, 15) is 0 Å². The van der Waals surface area contributed by atoms with Crippen molar-refractivity contribution in [1.82, 2.24) is 19.7 Å². The van der Waals surface area contributed by atoms with Crippen LogP contribution in [-0.4, -0.2) is 19.7 Å². The van der Waals surface area contributed by atoms with Crippen molar-refractivity contribution >= 4 is 11.8 Å². The van der Waals surface area contributed by atoms with Crippen LogP contribution in [0.2, 0.25) is 0 Å². The molecule has 0 amide bonds. The second kappa shape index (κ2) is 5.29. The molecule has 0 bridgehead atoms. The first-order valence-corrected chi connectivity index (χ1v) is 6.25. The summed E-state index contributed by atoms with van der Waals surface area (Å²) in [6.45, 7) is 2.05. The van der Waals surface area contributed by atoms with Crippen molar-refractivity contribution in [3.8, 4) is 0 Å². The lowest BCUT2D eigenvalue weighted by molar-refractivity contribution is 0.674. The predicted molar refractivity (Wildman–Crippen MR) is 66.6 cm³/mol. The van der Waals surface area contributed by atoms with Gasteiger partial charge in [0, 0.05) is 24.2 Å². The fraction of sp³-hybridized carbons (Fsp3) is 0.364. The molecule has 0 aliphatic rings. The quantitative estimate of drug-likeness (QED) is 0.894. The summed E-state index contributed by atoms with van der Waals surface area (Å²) in [5.74, 6) is 0. The topological polar surface area (TPSA) is 69.6 Å². The zero-order valence-electron chi connectivity index (χ0n) is 9.87. The fourth-order valence-electron chi connectivity index (χ4n) is 1.35. The van der Waals surface area contributed by atoms with E-state index < -0.39 is 0 Å². The monoisotopic (exact) mass is 249 g/mol. The molecule has 6 heteroatoms. The van der Waals surface area contributed by atoms with Gasteiger partial charge in [-0.1, -0.05) is 6.92 Å². The highest BCUT2D eigenvalue weighted by atomic mass is 32.2. The molecule has 0 fully saturated rings. The van der Waals surface area contributed by atoms with Gasteiger partial charge in [-0.2, -0.15) is 0 Å². The summed E-state index contributed by atoms with van der Waals surface area (Å²) in [4.78, 5) is 5.39. The van der Waals surface area contributed by atoms with Crippen molar-refractivity contribution in [2.24, 2.45) is 12.8 Å². The SMILES string of the molecule is CCC(N)c1ccc(Sc2nncn2C)cn1. The highest BCUT2D eigenvalue weighted by Gasteiger charge is 2.07. The number of nitrogens with two attached hydrogens (primary N) is 1. The molecule has 0 radical (unpaired) electrons. The summed E-state index contributed by atoms with van der Waals surface area (Å²) < 4.78 is 1.87. The fourth-order valence-corrected chi connectivity index (χ4v) is 2.08. The maximum atomic E-state index is 5.91. The van der Waals surface area contributed by atoms with Gasteiger partial charge in [-0.25, -0.2) is 0 Å². The van der Waals surface area contributed by atoms with Crippen LogP contribution in [0, 0.1) is 0 Å². The number of hydrogen-bond donors (Lipinski definition) is 1. The summed E-state index contributed by atoms with van der Waals surface area (Å²) in [6.07, 6.45) is 4.39. The van der Waals surface area contributed by atoms with Gasteiger partial charge in [0.15, 0.2) is 5.16 Å². The molecule has 2 aromatic heterocycles. The molecule has 0 saturated heterocycles. The number of aryl methyl sites for hydroxylation is 1. The molecule has 90 valence electrons. The minimum atomic E-state index is 0.0175. The molecule has 2 heterocycles. The third kappa shape index (κ3) is 2.83. The zero-order chi connectivity index (χ0) is 12.3. The summed E-state index contributed by atoms with van der Waals surface area (Å²) in [5, 5.41) is 8.68. The van der Waals surface area contributed by atoms with E-state index in [1.807, 2.05) is 29.9 Å². The highest BCUT2D eigenvalue weighted by Crippen LogP contribution is 2.25. The van der Waals surface area contributed by atoms with Gasteiger partial charge in [0.1, 0.15) is 6.33 Å². The normalized spacial score (nSPS) is 12.6. The first kappa shape index (κ1) is 12.1. The minimum Gasteiger partial charge on any atom is -0.323 e. The Kier molecular flexibility index (Phi) is 3.75. The van der Waals surface area contributed by atoms with Gasteiger partial charge in [0.05, 0.1) is 5.69 Å². The summed E-state index contributed by atoms with van der Waals surface area (Å²) >= 11 is 1.53. The Labute approximate surface area is 104 Å². The zero-order valence-corrected chi connectivity index (χ0v) is 10.7. The summed E-state index contributed by atoms with van der Waals surface area (Å²) in [5.41, 5.74) is 6.83. The van der Waals surface area contributed by atoms with Crippen molar-refractivity contribution in [2.45, 2.75) is 29.4 Å². The van der Waals surface area contributed by atoms with Crippen LogP contribution in [-0.2, 0) is 7.05 Å². The Hall–Kier alpha value is -1.40. The molecule has 1 unspecified atom stereocenters. The van der Waals surface area contributed by atoms with Crippen LogP contribution in [0.5, 0.6) is 0 Å². The van der Waals surface area contributed by atoms with E-state index in [4.69, 9.17) is 5.73 Å². The van der Waals surface area contributed by atoms with Crippen LogP contribution in [0.25, 0.3) is 0 Å². The smallest absolute Gasteiger partial charge is 0.195 e. The Morgan fingerprint density at radius 1 is 1.47 bits per heavy atom. The van der Waals surface area contributed by atoms with Gasteiger partial charge in [0.2, 0.25) is 0 Å². The molecule has 2 N–H and O–H groups in total. The Morgan fingerprint density at radius 2 is 2.29 bits per heavy atom. The molecular weight excluding hydrogens is 234 g/mol. The van der Waals surface area contributed by atoms with E-state index in [2.05, 4.69) is 22.1 Å². The Bertz CT molecular complexity index is 479. The van der Waals surface area contributed by atoms with E-state index in [1.165, 1.54) is 11.8 Å². The maximum Gasteiger partial charge on any atom is 0.195 e. The van der Waals surface area contributed by atoms with Gasteiger partial charge in [-0.3, -0.25) is 4.98 Å². The van der Waals surface area contributed by atoms with Gasteiger partial charge < -0.3 is 10.3 Å². The molecule has 2 rings (SSSR count). The third-order valence-electron chi connectivity index (χ3n) is 2.46. The predicted octanol–water partition coefficient (Wildman–Crippen LogP) is 1.77. The van der Waals surface area contributed by atoms with Gasteiger partial charge in [-0.15, -0.1) is 10.2 Å². The van der Waals surface area contributed by atoms with E-state index >= 15 is 0 Å². The van der Waals surface area contributed by atoms with Gasteiger partial charge >= 0.3 is 0 Å². The van der Waals surface area contributed by atoms with Crippen LogP contribution >= 0.6 is 11.8 Å². The maximum absolute atomic E-state index is 5.91. The van der Waals surface area contributed by atoms with Crippen molar-refractivity contribution in [3.63, 3.8) is 0 Å². The lowest BCUT2D eigenvalue weighted by Gasteiger charge is -2.08. The number of pyridine rings is 1. The number of nitrogens with zero attached hydrogens (tertiary/aromatic N) is 4. The van der Waals surface area contributed by atoms with Crippen LogP contribution in [0.3, 0.4) is 0 Å². The molecule has 5 nitrogen and oxygen atoms in total. The minimum absolute atomic E-state index is 0.0175. The van der Waals surface area contributed by atoms with E-state index in [-0.39, 0.29) is 6.04 Å². The average Bonchev–Trinajstić information content (AvgIpc) is 2.75. The van der Waals surface area contributed by atoms with Crippen molar-refractivity contribution in [3.05, 3.63) is 30.4 Å². The first-order valence-electron chi connectivity index (χ1n) is 5.44. The third-order valence-corrected chi connectivity index (χ3v) is 3.49. The Balaban J connectivity index is 2.11. The second-order valence-electron chi connectivity index (χ2n) is 3.76. The van der Waals surface area contributed by atoms with Gasteiger partial charge in [-0.05, 0) is 30.3 Å². The molecule has 0 spiro atoms. The standard InChI is InChI=1S/C11H15N5S/c1-3-9(12)10-5-4-8(6-13-10)17-11-15-14-7-16(11)2/h4-7,9H,3,12H2,1-2H3. The largest absolute Gasteiger partial charge is 0.323 e. The molecule has 0 aliphatic heterocycles. The first-order chi connectivity index (χ1) is 8.20. The van der Waals surface area contributed by atoms with E-state index in [0.717, 1.165) is 22.2 Å². The molecule has 1 atom stereocenters. The summed E-state index contributed by atoms with van der Waals surface area (Å²) in [7, 11) is 1.91. The molecule has 2 aromatic rings.